The molecule has 9 aromatic rings. The third-order valence-corrected chi connectivity index (χ3v) is 8.58. The van der Waals surface area contributed by atoms with Crippen LogP contribution in [0.1, 0.15) is 11.1 Å². The average Bonchev–Trinajstić information content (AvgIpc) is 3.72. The summed E-state index contributed by atoms with van der Waals surface area (Å²) in [6.07, 6.45) is 0. The van der Waals surface area contributed by atoms with Gasteiger partial charge in [0.05, 0.1) is 55.7 Å². The van der Waals surface area contributed by atoms with Crippen molar-refractivity contribution in [3.8, 4) is 23.5 Å². The summed E-state index contributed by atoms with van der Waals surface area (Å²) in [6.45, 7) is 0. The summed E-state index contributed by atoms with van der Waals surface area (Å²) in [5, 5.41) is 26.0. The predicted octanol–water partition coefficient (Wildman–Crippen LogP) is 9.52. The Kier molecular flexibility index (Phi) is 4.68. The molecule has 0 aliphatic rings. The molecule has 0 spiro atoms. The number of para-hydroxylation sites is 3. The zero-order valence-electron chi connectivity index (χ0n) is 22.7. The first-order valence-corrected chi connectivity index (χ1v) is 14.1. The second-order valence-electron chi connectivity index (χ2n) is 10.8. The number of fused-ring (bicyclic) bond motifs is 11. The average molecular weight is 549 g/mol. The predicted molar refractivity (Wildman–Crippen MR) is 172 cm³/mol. The summed E-state index contributed by atoms with van der Waals surface area (Å²) in [6, 6.07) is 45.4. The van der Waals surface area contributed by atoms with Crippen LogP contribution in [0.2, 0.25) is 0 Å². The molecule has 0 radical (unpaired) electrons. The zero-order valence-corrected chi connectivity index (χ0v) is 22.7. The number of furan rings is 1. The van der Waals surface area contributed by atoms with E-state index in [2.05, 4.69) is 106 Å². The molecular weight excluding hydrogens is 528 g/mol. The molecule has 0 unspecified atom stereocenters. The van der Waals surface area contributed by atoms with E-state index >= 15 is 0 Å². The van der Waals surface area contributed by atoms with Crippen LogP contribution in [0.25, 0.3) is 76.9 Å². The van der Waals surface area contributed by atoms with E-state index in [4.69, 9.17) is 4.42 Å². The van der Waals surface area contributed by atoms with Gasteiger partial charge in [0.15, 0.2) is 0 Å². The van der Waals surface area contributed by atoms with Gasteiger partial charge in [0, 0.05) is 27.2 Å². The van der Waals surface area contributed by atoms with Gasteiger partial charge in [-0.05, 0) is 66.7 Å². The number of benzene rings is 6. The van der Waals surface area contributed by atoms with E-state index < -0.39 is 0 Å². The lowest BCUT2D eigenvalue weighted by Crippen LogP contribution is -1.98. The number of nitriles is 2. The quantitative estimate of drug-likeness (QED) is 0.216. The van der Waals surface area contributed by atoms with Crippen molar-refractivity contribution >= 4 is 65.6 Å². The van der Waals surface area contributed by atoms with Gasteiger partial charge in [0.1, 0.15) is 17.2 Å². The van der Waals surface area contributed by atoms with Gasteiger partial charge in [-0.25, -0.2) is 0 Å². The highest BCUT2D eigenvalue weighted by Gasteiger charge is 2.23. The maximum absolute atomic E-state index is 10.00. The fourth-order valence-corrected chi connectivity index (χ4v) is 6.79. The van der Waals surface area contributed by atoms with Gasteiger partial charge in [0.25, 0.3) is 0 Å². The lowest BCUT2D eigenvalue weighted by atomic mass is 10.1. The van der Waals surface area contributed by atoms with Crippen molar-refractivity contribution in [1.29, 1.82) is 10.5 Å². The van der Waals surface area contributed by atoms with Crippen LogP contribution >= 0.6 is 0 Å². The van der Waals surface area contributed by atoms with E-state index in [9.17, 15) is 10.5 Å². The smallest absolute Gasteiger partial charge is 0.145 e. The summed E-state index contributed by atoms with van der Waals surface area (Å²) in [7, 11) is 0. The Morgan fingerprint density at radius 1 is 0.488 bits per heavy atom. The van der Waals surface area contributed by atoms with Crippen LogP contribution in [0.4, 0.5) is 0 Å². The maximum atomic E-state index is 10.00. The minimum atomic E-state index is 0.502. The lowest BCUT2D eigenvalue weighted by Gasteiger charge is -2.10. The molecule has 0 aliphatic carbocycles. The minimum Gasteiger partial charge on any atom is -0.455 e. The van der Waals surface area contributed by atoms with E-state index in [0.717, 1.165) is 71.2 Å². The molecule has 198 valence electrons. The first-order valence-electron chi connectivity index (χ1n) is 14.1. The second-order valence-corrected chi connectivity index (χ2v) is 10.8. The molecule has 6 aromatic carbocycles. The topological polar surface area (TPSA) is 70.6 Å². The standard InChI is InChI=1S/C38H20N4O/c39-21-23-14-15-24(22-40)34(20-23)42-31-13-7-5-11-29(31)36-33(42)19-17-27-26-16-18-32-35(37(26)43-38(27)36)28-10-4-6-12-30(28)41(32)25-8-2-1-3-9-25/h1-20H. The van der Waals surface area contributed by atoms with Crippen LogP contribution in [-0.4, -0.2) is 9.13 Å². The maximum Gasteiger partial charge on any atom is 0.145 e. The second kappa shape index (κ2) is 8.60. The van der Waals surface area contributed by atoms with Crippen LogP contribution in [0.5, 0.6) is 0 Å². The number of rotatable bonds is 2. The number of aromatic nitrogens is 2. The molecule has 0 bridgehead atoms. The highest BCUT2D eigenvalue weighted by molar-refractivity contribution is 6.29. The van der Waals surface area contributed by atoms with Crippen molar-refractivity contribution < 1.29 is 4.42 Å². The van der Waals surface area contributed by atoms with Crippen molar-refractivity contribution in [3.05, 3.63) is 132 Å². The third-order valence-electron chi connectivity index (χ3n) is 8.58. The van der Waals surface area contributed by atoms with E-state index in [1.54, 1.807) is 18.2 Å². The van der Waals surface area contributed by atoms with Crippen LogP contribution in [-0.2, 0) is 0 Å². The molecule has 0 aliphatic heterocycles. The van der Waals surface area contributed by atoms with Crippen LogP contribution in [0, 0.1) is 22.7 Å². The SMILES string of the molecule is N#Cc1ccc(C#N)c(-n2c3ccccc3c3c4oc5c(ccc6c5c5ccccc5n6-c5ccccc5)c4ccc32)c1. The van der Waals surface area contributed by atoms with Gasteiger partial charge in [-0.15, -0.1) is 0 Å². The van der Waals surface area contributed by atoms with Gasteiger partial charge in [-0.3, -0.25) is 0 Å². The van der Waals surface area contributed by atoms with Crippen molar-refractivity contribution in [1.82, 2.24) is 9.13 Å². The van der Waals surface area contributed by atoms with Crippen LogP contribution in [0.15, 0.2) is 126 Å². The highest BCUT2D eigenvalue weighted by atomic mass is 16.3. The van der Waals surface area contributed by atoms with Gasteiger partial charge in [0.2, 0.25) is 0 Å². The van der Waals surface area contributed by atoms with Gasteiger partial charge < -0.3 is 13.6 Å². The summed E-state index contributed by atoms with van der Waals surface area (Å²) in [5.41, 5.74) is 8.52. The summed E-state index contributed by atoms with van der Waals surface area (Å²) in [5.74, 6) is 0. The van der Waals surface area contributed by atoms with E-state index in [0.29, 0.717) is 16.8 Å². The normalized spacial score (nSPS) is 11.7. The van der Waals surface area contributed by atoms with Crippen molar-refractivity contribution in [3.63, 3.8) is 0 Å². The van der Waals surface area contributed by atoms with Crippen molar-refractivity contribution in [2.45, 2.75) is 0 Å². The highest BCUT2D eigenvalue weighted by Crippen LogP contribution is 2.44. The number of hydrogen-bond donors (Lipinski definition) is 0. The summed E-state index contributed by atoms with van der Waals surface area (Å²) in [4.78, 5) is 0. The Bertz CT molecular complexity index is 2690. The molecule has 0 saturated carbocycles. The molecule has 0 N–H and O–H groups in total. The first kappa shape index (κ1) is 23.4. The summed E-state index contributed by atoms with van der Waals surface area (Å²) < 4.78 is 11.3. The fraction of sp³-hybridized carbons (Fsp3) is 0. The monoisotopic (exact) mass is 548 g/mol. The van der Waals surface area contributed by atoms with E-state index in [1.807, 2.05) is 18.2 Å². The molecular formula is C38H20N4O. The molecule has 0 amide bonds. The Labute approximate surface area is 245 Å². The Morgan fingerprint density at radius 2 is 1.07 bits per heavy atom. The lowest BCUT2D eigenvalue weighted by molar-refractivity contribution is 0.677. The summed E-state index contributed by atoms with van der Waals surface area (Å²) >= 11 is 0. The van der Waals surface area contributed by atoms with Gasteiger partial charge >= 0.3 is 0 Å². The molecule has 3 aromatic heterocycles. The fourth-order valence-electron chi connectivity index (χ4n) is 6.79. The Balaban J connectivity index is 1.45. The molecule has 5 heteroatoms. The molecule has 3 heterocycles. The first-order chi connectivity index (χ1) is 21.3. The zero-order chi connectivity index (χ0) is 28.7. The van der Waals surface area contributed by atoms with E-state index in [-0.39, 0.29) is 0 Å². The number of nitrogens with zero attached hydrogens (tertiary/aromatic N) is 4. The van der Waals surface area contributed by atoms with Gasteiger partial charge in [-0.1, -0.05) is 54.6 Å². The third kappa shape index (κ3) is 3.08. The van der Waals surface area contributed by atoms with Crippen LogP contribution in [0.3, 0.4) is 0 Å². The van der Waals surface area contributed by atoms with Crippen molar-refractivity contribution in [2.75, 3.05) is 0 Å². The number of hydrogen-bond acceptors (Lipinski definition) is 3. The van der Waals surface area contributed by atoms with Gasteiger partial charge in [-0.2, -0.15) is 10.5 Å². The molecule has 0 atom stereocenters. The Hall–Kier alpha value is -6.30. The Morgan fingerprint density at radius 3 is 1.70 bits per heavy atom. The molecule has 9 rings (SSSR count). The molecule has 0 saturated heterocycles. The largest absolute Gasteiger partial charge is 0.455 e. The molecule has 5 nitrogen and oxygen atoms in total. The van der Waals surface area contributed by atoms with E-state index in [1.165, 1.54) is 0 Å². The molecule has 0 fully saturated rings. The van der Waals surface area contributed by atoms with Crippen LogP contribution < -0.4 is 0 Å². The molecule has 43 heavy (non-hydrogen) atoms. The van der Waals surface area contributed by atoms with Crippen molar-refractivity contribution in [2.24, 2.45) is 0 Å². The minimum absolute atomic E-state index is 0.502.